The maximum Gasteiger partial charge on any atom is 0.252 e. The number of carbonyl (C=O) groups excluding carboxylic acids is 3. The Hall–Kier alpha value is -2.49. The van der Waals surface area contributed by atoms with Crippen molar-refractivity contribution in [2.75, 3.05) is 57.9 Å². The Morgan fingerprint density at radius 3 is 2.42 bits per heavy atom. The van der Waals surface area contributed by atoms with Crippen molar-refractivity contribution < 1.29 is 23.9 Å². The topological polar surface area (TPSA) is 91.4 Å². The van der Waals surface area contributed by atoms with Gasteiger partial charge < -0.3 is 29.5 Å². The van der Waals surface area contributed by atoms with Crippen molar-refractivity contribution in [3.05, 3.63) is 29.8 Å². The van der Waals surface area contributed by atoms with Crippen LogP contribution in [0.1, 0.15) is 49.4 Å². The molecule has 9 heteroatoms. The number of carbonyl (C=O) groups is 3. The van der Waals surface area contributed by atoms with Crippen LogP contribution < -0.4 is 10.2 Å². The molecule has 0 unspecified atom stereocenters. The van der Waals surface area contributed by atoms with Gasteiger partial charge in [0.25, 0.3) is 5.91 Å². The summed E-state index contributed by atoms with van der Waals surface area (Å²) >= 11 is 0. The number of likely N-dealkylation sites (tertiary alicyclic amines) is 1. The minimum Gasteiger partial charge on any atom is -0.377 e. The fraction of sp³-hybridized carbons (Fsp3) is 0.667. The van der Waals surface area contributed by atoms with E-state index in [1.165, 1.54) is 0 Å². The van der Waals surface area contributed by atoms with Gasteiger partial charge in [0, 0.05) is 44.5 Å². The van der Waals surface area contributed by atoms with E-state index >= 15 is 0 Å². The number of likely N-dealkylation sites (N-methyl/N-ethyl adjacent to an activating group) is 1. The summed E-state index contributed by atoms with van der Waals surface area (Å²) in [6.45, 7) is 7.58. The van der Waals surface area contributed by atoms with Crippen LogP contribution in [0.3, 0.4) is 0 Å². The lowest BCUT2D eigenvalue weighted by Crippen LogP contribution is -2.62. The van der Waals surface area contributed by atoms with E-state index < -0.39 is 17.7 Å². The number of fused-ring (bicyclic) bond motifs is 1. The number of ether oxygens (including phenoxy) is 2. The molecule has 3 heterocycles. The lowest BCUT2D eigenvalue weighted by atomic mass is 9.80. The smallest absolute Gasteiger partial charge is 0.252 e. The van der Waals surface area contributed by atoms with Crippen LogP contribution in [0.15, 0.2) is 24.3 Å². The summed E-state index contributed by atoms with van der Waals surface area (Å²) in [4.78, 5) is 46.4. The number of rotatable bonds is 6. The van der Waals surface area contributed by atoms with Crippen LogP contribution in [-0.2, 0) is 19.1 Å². The molecule has 2 amide bonds. The number of hydrogen-bond donors (Lipinski definition) is 1. The minimum atomic E-state index is -1.01. The zero-order chi connectivity index (χ0) is 25.3. The molecule has 1 saturated carbocycles. The van der Waals surface area contributed by atoms with Gasteiger partial charge in [-0.25, -0.2) is 0 Å². The van der Waals surface area contributed by atoms with Crippen LogP contribution in [0.4, 0.5) is 5.69 Å². The Bertz CT molecular complexity index is 969. The van der Waals surface area contributed by atoms with Crippen molar-refractivity contribution in [2.24, 2.45) is 0 Å². The van der Waals surface area contributed by atoms with E-state index in [1.54, 1.807) is 12.0 Å². The molecule has 4 fully saturated rings. The molecule has 1 aromatic rings. The number of anilines is 1. The summed E-state index contributed by atoms with van der Waals surface area (Å²) in [6, 6.07) is 7.05. The lowest BCUT2D eigenvalue weighted by Gasteiger charge is -2.40. The summed E-state index contributed by atoms with van der Waals surface area (Å²) in [5, 5.41) is 3.12. The maximum atomic E-state index is 14.0. The standard InChI is InChI=1S/C27H38N4O5/c1-3-29-13-15-30(16-14-29)20-9-7-19(8-10-20)25(33)28-27(11-5-4-6-12-27)26(34)31-17-22(35-2)24-23(31)21(32)18-36-24/h7-10,22-24H,3-6,11-18H2,1-2H3,(H,28,33)/t22-,23-,24-/m1/s1. The van der Waals surface area contributed by atoms with Crippen LogP contribution in [0.25, 0.3) is 0 Å². The SMILES string of the molecule is CCN1CCN(c2ccc(C(=O)NC3(C(=O)N4C[C@@H](OC)[C@H]5OCC(=O)[C@H]54)CCCCC3)cc2)CC1. The van der Waals surface area contributed by atoms with Crippen LogP contribution in [0.5, 0.6) is 0 Å². The lowest BCUT2D eigenvalue weighted by molar-refractivity contribution is -0.143. The summed E-state index contributed by atoms with van der Waals surface area (Å²) in [6.07, 6.45) is 3.10. The minimum absolute atomic E-state index is 0.00181. The van der Waals surface area contributed by atoms with Crippen molar-refractivity contribution in [2.45, 2.75) is 62.8 Å². The van der Waals surface area contributed by atoms with Gasteiger partial charge in [-0.1, -0.05) is 26.2 Å². The van der Waals surface area contributed by atoms with Gasteiger partial charge in [-0.3, -0.25) is 14.4 Å². The van der Waals surface area contributed by atoms with Crippen LogP contribution >= 0.6 is 0 Å². The first-order valence-electron chi connectivity index (χ1n) is 13.3. The molecule has 36 heavy (non-hydrogen) atoms. The van der Waals surface area contributed by atoms with E-state index in [-0.39, 0.29) is 30.3 Å². The highest BCUT2D eigenvalue weighted by Gasteiger charge is 2.56. The Kier molecular flexibility index (Phi) is 7.32. The van der Waals surface area contributed by atoms with Crippen molar-refractivity contribution in [3.63, 3.8) is 0 Å². The third kappa shape index (κ3) is 4.64. The van der Waals surface area contributed by atoms with E-state index in [1.807, 2.05) is 24.3 Å². The number of Topliss-reactive ketones (excluding diaryl/α,β-unsaturated/α-hetero) is 1. The molecule has 3 aliphatic heterocycles. The van der Waals surface area contributed by atoms with Crippen LogP contribution in [0.2, 0.25) is 0 Å². The van der Waals surface area contributed by atoms with Gasteiger partial charge in [0.05, 0.1) is 6.54 Å². The van der Waals surface area contributed by atoms with Gasteiger partial charge in [0.15, 0.2) is 5.78 Å². The Morgan fingerprint density at radius 2 is 1.78 bits per heavy atom. The highest BCUT2D eigenvalue weighted by Crippen LogP contribution is 2.36. The maximum absolute atomic E-state index is 14.0. The molecule has 5 rings (SSSR count). The van der Waals surface area contributed by atoms with E-state index in [0.29, 0.717) is 24.9 Å². The predicted molar refractivity (Wildman–Crippen MR) is 135 cm³/mol. The van der Waals surface area contributed by atoms with Gasteiger partial charge in [-0.2, -0.15) is 0 Å². The number of amides is 2. The Morgan fingerprint density at radius 1 is 1.08 bits per heavy atom. The molecule has 196 valence electrons. The van der Waals surface area contributed by atoms with Gasteiger partial charge in [-0.05, 0) is 43.7 Å². The second-order valence-electron chi connectivity index (χ2n) is 10.5. The molecule has 9 nitrogen and oxygen atoms in total. The average molecular weight is 499 g/mol. The molecule has 1 aromatic carbocycles. The summed E-state index contributed by atoms with van der Waals surface area (Å²) in [7, 11) is 1.58. The molecule has 0 radical (unpaired) electrons. The number of piperazine rings is 1. The highest BCUT2D eigenvalue weighted by molar-refractivity contribution is 6.01. The molecule has 1 N–H and O–H groups in total. The van der Waals surface area contributed by atoms with Crippen molar-refractivity contribution >= 4 is 23.3 Å². The average Bonchev–Trinajstić information content (AvgIpc) is 3.49. The van der Waals surface area contributed by atoms with Crippen LogP contribution in [-0.4, -0.2) is 104 Å². The third-order valence-electron chi connectivity index (χ3n) is 8.49. The predicted octanol–water partition coefficient (Wildman–Crippen LogP) is 1.45. The molecule has 3 atom stereocenters. The second-order valence-corrected chi connectivity index (χ2v) is 10.5. The molecular weight excluding hydrogens is 460 g/mol. The zero-order valence-electron chi connectivity index (χ0n) is 21.4. The first-order chi connectivity index (χ1) is 17.5. The molecule has 0 spiro atoms. The van der Waals surface area contributed by atoms with Crippen molar-refractivity contribution in [1.29, 1.82) is 0 Å². The zero-order valence-corrected chi connectivity index (χ0v) is 21.4. The van der Waals surface area contributed by atoms with E-state index in [4.69, 9.17) is 9.47 Å². The number of hydrogen-bond acceptors (Lipinski definition) is 7. The molecule has 3 saturated heterocycles. The third-order valence-corrected chi connectivity index (χ3v) is 8.49. The summed E-state index contributed by atoms with van der Waals surface area (Å²) < 4.78 is 11.2. The molecular formula is C27H38N4O5. The highest BCUT2D eigenvalue weighted by atomic mass is 16.5. The van der Waals surface area contributed by atoms with E-state index in [9.17, 15) is 14.4 Å². The van der Waals surface area contributed by atoms with E-state index in [2.05, 4.69) is 22.0 Å². The first-order valence-corrected chi connectivity index (χ1v) is 13.3. The fourth-order valence-electron chi connectivity index (χ4n) is 6.29. The largest absolute Gasteiger partial charge is 0.377 e. The first kappa shape index (κ1) is 25.2. The normalized spacial score (nSPS) is 28.3. The Balaban J connectivity index is 1.31. The number of benzene rings is 1. The molecule has 0 aromatic heterocycles. The molecule has 4 aliphatic rings. The summed E-state index contributed by atoms with van der Waals surface area (Å²) in [5.41, 5.74) is 0.637. The molecule has 1 aliphatic carbocycles. The number of nitrogens with zero attached hydrogens (tertiary/aromatic N) is 3. The quantitative estimate of drug-likeness (QED) is 0.635. The number of nitrogens with one attached hydrogen (secondary N) is 1. The van der Waals surface area contributed by atoms with Crippen LogP contribution in [0, 0.1) is 0 Å². The van der Waals surface area contributed by atoms with Gasteiger partial charge >= 0.3 is 0 Å². The Labute approximate surface area is 213 Å². The van der Waals surface area contributed by atoms with Crippen molar-refractivity contribution in [1.82, 2.24) is 15.1 Å². The molecule has 0 bridgehead atoms. The second kappa shape index (κ2) is 10.5. The van der Waals surface area contributed by atoms with Gasteiger partial charge in [0.2, 0.25) is 5.91 Å². The van der Waals surface area contributed by atoms with E-state index in [0.717, 1.165) is 57.7 Å². The fourth-order valence-corrected chi connectivity index (χ4v) is 6.29. The number of ketones is 1. The monoisotopic (exact) mass is 498 g/mol. The number of methoxy groups -OCH3 is 1. The van der Waals surface area contributed by atoms with Crippen molar-refractivity contribution in [3.8, 4) is 0 Å². The summed E-state index contributed by atoms with van der Waals surface area (Å²) in [5.74, 6) is -0.532. The van der Waals surface area contributed by atoms with Gasteiger partial charge in [0.1, 0.15) is 30.4 Å². The van der Waals surface area contributed by atoms with Gasteiger partial charge in [-0.15, -0.1) is 0 Å².